The lowest BCUT2D eigenvalue weighted by Crippen LogP contribution is -2.33. The molecule has 7 heteroatoms. The van der Waals surface area contributed by atoms with Crippen molar-refractivity contribution in [1.82, 2.24) is 10.3 Å². The molecule has 1 aliphatic rings. The Morgan fingerprint density at radius 2 is 2.15 bits per heavy atom. The molecule has 1 aliphatic carbocycles. The van der Waals surface area contributed by atoms with Crippen molar-refractivity contribution in [2.75, 3.05) is 6.54 Å². The number of nitrogens with one attached hydrogen (secondary N) is 2. The highest BCUT2D eigenvalue weighted by atomic mass is 35.7. The number of aromatic nitrogens is 1. The van der Waals surface area contributed by atoms with Crippen molar-refractivity contribution < 1.29 is 13.2 Å². The number of H-pyrrole nitrogens is 1. The normalized spacial score (nSPS) is 23.5. The maximum atomic E-state index is 12.0. The summed E-state index contributed by atoms with van der Waals surface area (Å²) < 4.78 is 22.3. The molecule has 5 nitrogen and oxygen atoms in total. The Morgan fingerprint density at radius 1 is 1.45 bits per heavy atom. The Morgan fingerprint density at radius 3 is 2.75 bits per heavy atom. The van der Waals surface area contributed by atoms with Crippen LogP contribution in [0.2, 0.25) is 0 Å². The molecule has 1 heterocycles. The lowest BCUT2D eigenvalue weighted by Gasteiger charge is -2.28. The van der Waals surface area contributed by atoms with Gasteiger partial charge in [-0.2, -0.15) is 0 Å². The van der Waals surface area contributed by atoms with Gasteiger partial charge in [-0.1, -0.05) is 26.2 Å². The van der Waals surface area contributed by atoms with E-state index in [9.17, 15) is 13.2 Å². The van der Waals surface area contributed by atoms with Gasteiger partial charge in [-0.15, -0.1) is 0 Å². The highest BCUT2D eigenvalue weighted by molar-refractivity contribution is 8.13. The minimum atomic E-state index is -3.80. The molecule has 0 saturated heterocycles. The molecule has 0 spiro atoms. The molecule has 1 aromatic rings. The van der Waals surface area contributed by atoms with E-state index in [1.54, 1.807) is 0 Å². The van der Waals surface area contributed by atoms with Gasteiger partial charge in [-0.25, -0.2) is 8.42 Å². The molecule has 112 valence electrons. The fraction of sp³-hybridized carbons (Fsp3) is 0.615. The molecule has 0 aromatic carbocycles. The van der Waals surface area contributed by atoms with E-state index >= 15 is 0 Å². The summed E-state index contributed by atoms with van der Waals surface area (Å²) in [7, 11) is 1.42. The second-order valence-electron chi connectivity index (χ2n) is 5.42. The summed E-state index contributed by atoms with van der Waals surface area (Å²) in [5.74, 6) is 0.819. The number of amides is 1. The molecule has 0 aliphatic heterocycles. The third kappa shape index (κ3) is 3.76. The third-order valence-corrected chi connectivity index (χ3v) is 5.33. The highest BCUT2D eigenvalue weighted by Gasteiger charge is 2.22. The first-order valence-corrected chi connectivity index (χ1v) is 9.10. The topological polar surface area (TPSA) is 79.0 Å². The predicted molar refractivity (Wildman–Crippen MR) is 77.3 cm³/mol. The minimum Gasteiger partial charge on any atom is -0.356 e. The zero-order valence-electron chi connectivity index (χ0n) is 11.4. The average molecular weight is 319 g/mol. The summed E-state index contributed by atoms with van der Waals surface area (Å²) in [4.78, 5) is 14.5. The van der Waals surface area contributed by atoms with Crippen molar-refractivity contribution in [1.29, 1.82) is 0 Å². The molecule has 0 bridgehead atoms. The number of carbonyl (C=O) groups excluding carboxylic acids is 1. The van der Waals surface area contributed by atoms with Crippen LogP contribution >= 0.6 is 10.7 Å². The Hall–Kier alpha value is -1.01. The molecule has 2 unspecified atom stereocenters. The standard InChI is InChI=1S/C13H19ClN2O3S/c1-9-4-2-3-5-10(9)7-16-13(17)12-6-11(8-15-12)20(14,18)19/h6,8-10,15H,2-5,7H2,1H3,(H,16,17). The van der Waals surface area contributed by atoms with E-state index in [-0.39, 0.29) is 16.5 Å². The average Bonchev–Trinajstić information content (AvgIpc) is 2.87. The first kappa shape index (κ1) is 15.4. The zero-order valence-corrected chi connectivity index (χ0v) is 12.9. The van der Waals surface area contributed by atoms with Crippen molar-refractivity contribution in [2.45, 2.75) is 37.5 Å². The summed E-state index contributed by atoms with van der Waals surface area (Å²) in [6.45, 7) is 2.84. The molecular weight excluding hydrogens is 300 g/mol. The SMILES string of the molecule is CC1CCCCC1CNC(=O)c1cc(S(=O)(=O)Cl)c[nH]1. The van der Waals surface area contributed by atoms with Crippen LogP contribution in [0.1, 0.15) is 43.1 Å². The molecule has 20 heavy (non-hydrogen) atoms. The van der Waals surface area contributed by atoms with E-state index in [1.807, 2.05) is 0 Å². The number of rotatable bonds is 4. The number of halogens is 1. The molecule has 1 aromatic heterocycles. The van der Waals surface area contributed by atoms with E-state index in [2.05, 4.69) is 17.2 Å². The Labute approximate surface area is 123 Å². The second kappa shape index (κ2) is 6.18. The van der Waals surface area contributed by atoms with Crippen LogP contribution in [0.5, 0.6) is 0 Å². The second-order valence-corrected chi connectivity index (χ2v) is 7.98. The number of hydrogen-bond donors (Lipinski definition) is 2. The maximum absolute atomic E-state index is 12.0. The Balaban J connectivity index is 1.93. The monoisotopic (exact) mass is 318 g/mol. The van der Waals surface area contributed by atoms with Crippen molar-refractivity contribution in [3.05, 3.63) is 18.0 Å². The van der Waals surface area contributed by atoms with Crippen LogP contribution in [0.15, 0.2) is 17.2 Å². The van der Waals surface area contributed by atoms with Gasteiger partial charge in [0.05, 0.1) is 0 Å². The van der Waals surface area contributed by atoms with Gasteiger partial charge in [0.25, 0.3) is 15.0 Å². The number of carbonyl (C=O) groups is 1. The predicted octanol–water partition coefficient (Wildman–Crippen LogP) is 2.50. The molecule has 1 saturated carbocycles. The van der Waals surface area contributed by atoms with E-state index in [0.717, 1.165) is 6.42 Å². The van der Waals surface area contributed by atoms with Gasteiger partial charge in [0.15, 0.2) is 0 Å². The molecule has 2 rings (SSSR count). The summed E-state index contributed by atoms with van der Waals surface area (Å²) in [6, 6.07) is 1.25. The van der Waals surface area contributed by atoms with Crippen molar-refractivity contribution in [3.8, 4) is 0 Å². The Kier molecular flexibility index (Phi) is 4.75. The van der Waals surface area contributed by atoms with Crippen molar-refractivity contribution in [3.63, 3.8) is 0 Å². The summed E-state index contributed by atoms with van der Waals surface area (Å²) in [5, 5.41) is 2.86. The lowest BCUT2D eigenvalue weighted by molar-refractivity contribution is 0.0932. The highest BCUT2D eigenvalue weighted by Crippen LogP contribution is 2.28. The van der Waals surface area contributed by atoms with Crippen LogP contribution in [0, 0.1) is 11.8 Å². The molecule has 0 radical (unpaired) electrons. The van der Waals surface area contributed by atoms with Gasteiger partial charge in [-0.05, 0) is 24.3 Å². The van der Waals surface area contributed by atoms with Crippen LogP contribution in [0.25, 0.3) is 0 Å². The summed E-state index contributed by atoms with van der Waals surface area (Å²) >= 11 is 0. The largest absolute Gasteiger partial charge is 0.356 e. The van der Waals surface area contributed by atoms with Gasteiger partial charge < -0.3 is 10.3 Å². The first-order valence-electron chi connectivity index (χ1n) is 6.79. The molecule has 2 N–H and O–H groups in total. The van der Waals surface area contributed by atoms with Crippen LogP contribution in [0.4, 0.5) is 0 Å². The summed E-state index contributed by atoms with van der Waals surface area (Å²) in [6.07, 6.45) is 6.03. The smallest absolute Gasteiger partial charge is 0.267 e. The number of aromatic amines is 1. The quantitative estimate of drug-likeness (QED) is 0.837. The van der Waals surface area contributed by atoms with Crippen LogP contribution in [-0.4, -0.2) is 25.9 Å². The van der Waals surface area contributed by atoms with Gasteiger partial charge in [0.1, 0.15) is 10.6 Å². The minimum absolute atomic E-state index is 0.0876. The van der Waals surface area contributed by atoms with Gasteiger partial charge in [0, 0.05) is 23.4 Å². The zero-order chi connectivity index (χ0) is 14.8. The molecule has 1 fully saturated rings. The van der Waals surface area contributed by atoms with Crippen molar-refractivity contribution >= 4 is 25.6 Å². The van der Waals surface area contributed by atoms with Crippen LogP contribution in [-0.2, 0) is 9.05 Å². The Bertz CT molecular complexity index is 582. The molecule has 2 atom stereocenters. The first-order chi connectivity index (χ1) is 9.38. The lowest BCUT2D eigenvalue weighted by atomic mass is 9.80. The van der Waals surface area contributed by atoms with Gasteiger partial charge in [-0.3, -0.25) is 4.79 Å². The fourth-order valence-electron chi connectivity index (χ4n) is 2.66. The fourth-order valence-corrected chi connectivity index (χ4v) is 3.39. The van der Waals surface area contributed by atoms with Crippen molar-refractivity contribution in [2.24, 2.45) is 11.8 Å². The molecule has 1 amide bonds. The van der Waals surface area contributed by atoms with Crippen LogP contribution < -0.4 is 5.32 Å². The third-order valence-electron chi connectivity index (χ3n) is 4.00. The maximum Gasteiger partial charge on any atom is 0.267 e. The summed E-state index contributed by atoms with van der Waals surface area (Å²) in [5.41, 5.74) is 0.215. The van der Waals surface area contributed by atoms with Gasteiger partial charge >= 0.3 is 0 Å². The number of hydrogen-bond acceptors (Lipinski definition) is 3. The van der Waals surface area contributed by atoms with Crippen LogP contribution in [0.3, 0.4) is 0 Å². The van der Waals surface area contributed by atoms with E-state index in [0.29, 0.717) is 18.4 Å². The van der Waals surface area contributed by atoms with E-state index < -0.39 is 9.05 Å². The molecular formula is C13H19ClN2O3S. The van der Waals surface area contributed by atoms with Gasteiger partial charge in [0.2, 0.25) is 0 Å². The van der Waals surface area contributed by atoms with E-state index in [4.69, 9.17) is 10.7 Å². The van der Waals surface area contributed by atoms with E-state index in [1.165, 1.54) is 31.5 Å².